The van der Waals surface area contributed by atoms with Crippen LogP contribution in [-0.2, 0) is 12.8 Å². The number of fused-ring (bicyclic) bond motifs is 1. The molecule has 4 heteroatoms. The smallest absolute Gasteiger partial charge is 0.339 e. The average Bonchev–Trinajstić information content (AvgIpc) is 2.41. The van der Waals surface area contributed by atoms with Crippen molar-refractivity contribution < 1.29 is 9.90 Å². The van der Waals surface area contributed by atoms with Crippen molar-refractivity contribution in [3.05, 3.63) is 28.0 Å². The van der Waals surface area contributed by atoms with E-state index in [1.165, 1.54) is 0 Å². The summed E-state index contributed by atoms with van der Waals surface area (Å²) in [4.78, 5) is 15.0. The summed E-state index contributed by atoms with van der Waals surface area (Å²) >= 11 is 5.82. The zero-order valence-corrected chi connectivity index (χ0v) is 9.05. The van der Waals surface area contributed by atoms with Crippen molar-refractivity contribution in [2.75, 3.05) is 0 Å². The summed E-state index contributed by atoms with van der Waals surface area (Å²) in [5.74, 6) is -0.966. The van der Waals surface area contributed by atoms with Gasteiger partial charge in [-0.1, -0.05) is 18.0 Å². The number of nitrogens with zero attached hydrogens (tertiary/aromatic N) is 1. The Bertz CT molecular complexity index is 404. The van der Waals surface area contributed by atoms with Gasteiger partial charge in [-0.25, -0.2) is 9.78 Å². The molecule has 0 saturated carbocycles. The van der Waals surface area contributed by atoms with Crippen molar-refractivity contribution in [3.8, 4) is 0 Å². The molecule has 0 radical (unpaired) electrons. The molecule has 1 aromatic heterocycles. The van der Waals surface area contributed by atoms with Gasteiger partial charge in [0.25, 0.3) is 0 Å². The standard InChI is InChI=1S/C11H12ClNO2/c12-10-9(11(14)15)8-5-3-1-2-4-7(8)6-13-10/h6H,1-5H2,(H,14,15). The second-order valence-corrected chi connectivity index (χ2v) is 4.15. The van der Waals surface area contributed by atoms with Crippen molar-refractivity contribution in [3.63, 3.8) is 0 Å². The van der Waals surface area contributed by atoms with Crippen LogP contribution in [0.5, 0.6) is 0 Å². The fraction of sp³-hybridized carbons (Fsp3) is 0.455. The van der Waals surface area contributed by atoms with E-state index in [1.807, 2.05) is 0 Å². The third-order valence-electron chi connectivity index (χ3n) is 2.82. The molecule has 0 amide bonds. The Labute approximate surface area is 93.1 Å². The van der Waals surface area contributed by atoms with E-state index in [-0.39, 0.29) is 10.7 Å². The van der Waals surface area contributed by atoms with Gasteiger partial charge in [0.1, 0.15) is 10.7 Å². The van der Waals surface area contributed by atoms with Crippen LogP contribution in [0.4, 0.5) is 0 Å². The molecule has 80 valence electrons. The van der Waals surface area contributed by atoms with Gasteiger partial charge in [-0.15, -0.1) is 0 Å². The molecular formula is C11H12ClNO2. The van der Waals surface area contributed by atoms with E-state index in [9.17, 15) is 4.79 Å². The summed E-state index contributed by atoms with van der Waals surface area (Å²) < 4.78 is 0. The third-order valence-corrected chi connectivity index (χ3v) is 3.10. The summed E-state index contributed by atoms with van der Waals surface area (Å²) in [6.45, 7) is 0. The number of pyridine rings is 1. The van der Waals surface area contributed by atoms with Gasteiger partial charge < -0.3 is 5.11 Å². The highest BCUT2D eigenvalue weighted by atomic mass is 35.5. The molecule has 0 aliphatic heterocycles. The normalized spacial score (nSPS) is 15.5. The molecule has 0 aromatic carbocycles. The molecule has 3 nitrogen and oxygen atoms in total. The molecule has 15 heavy (non-hydrogen) atoms. The van der Waals surface area contributed by atoms with Gasteiger partial charge in [0.05, 0.1) is 0 Å². The SMILES string of the molecule is O=C(O)c1c(Cl)ncc2c1CCCCC2. The van der Waals surface area contributed by atoms with Crippen LogP contribution < -0.4 is 0 Å². The van der Waals surface area contributed by atoms with Crippen LogP contribution in [0.3, 0.4) is 0 Å². The predicted molar refractivity (Wildman–Crippen MR) is 57.5 cm³/mol. The van der Waals surface area contributed by atoms with Crippen molar-refractivity contribution in [1.82, 2.24) is 4.98 Å². The molecule has 0 unspecified atom stereocenters. The number of carboxylic acids is 1. The maximum absolute atomic E-state index is 11.1. The minimum Gasteiger partial charge on any atom is -0.478 e. The second-order valence-electron chi connectivity index (χ2n) is 3.79. The summed E-state index contributed by atoms with van der Waals surface area (Å²) in [5, 5.41) is 9.20. The molecule has 1 N–H and O–H groups in total. The zero-order valence-electron chi connectivity index (χ0n) is 8.29. The Morgan fingerprint density at radius 2 is 2.07 bits per heavy atom. The Balaban J connectivity index is 2.56. The van der Waals surface area contributed by atoms with Crippen molar-refractivity contribution in [2.45, 2.75) is 32.1 Å². The topological polar surface area (TPSA) is 50.2 Å². The quantitative estimate of drug-likeness (QED) is 0.591. The van der Waals surface area contributed by atoms with Crippen LogP contribution in [0.2, 0.25) is 5.15 Å². The molecule has 0 spiro atoms. The third kappa shape index (κ3) is 1.97. The summed E-state index contributed by atoms with van der Waals surface area (Å²) in [7, 11) is 0. The highest BCUT2D eigenvalue weighted by molar-refractivity contribution is 6.32. The fourth-order valence-corrected chi connectivity index (χ4v) is 2.32. The van der Waals surface area contributed by atoms with E-state index in [4.69, 9.17) is 16.7 Å². The maximum atomic E-state index is 11.1. The van der Waals surface area contributed by atoms with Gasteiger partial charge in [-0.3, -0.25) is 0 Å². The molecule has 1 aliphatic carbocycles. The van der Waals surface area contributed by atoms with Crippen molar-refractivity contribution >= 4 is 17.6 Å². The Kier molecular flexibility index (Phi) is 2.91. The first-order valence-electron chi connectivity index (χ1n) is 5.09. The molecular weight excluding hydrogens is 214 g/mol. The summed E-state index contributed by atoms with van der Waals surface area (Å²) in [6.07, 6.45) is 6.72. The van der Waals surface area contributed by atoms with Gasteiger partial charge in [0.15, 0.2) is 0 Å². The molecule has 0 saturated heterocycles. The molecule has 0 fully saturated rings. The maximum Gasteiger partial charge on any atom is 0.339 e. The highest BCUT2D eigenvalue weighted by Gasteiger charge is 2.20. The molecule has 0 bridgehead atoms. The zero-order chi connectivity index (χ0) is 10.8. The lowest BCUT2D eigenvalue weighted by Crippen LogP contribution is -2.07. The van der Waals surface area contributed by atoms with Gasteiger partial charge >= 0.3 is 5.97 Å². The van der Waals surface area contributed by atoms with E-state index in [0.717, 1.165) is 43.2 Å². The summed E-state index contributed by atoms with van der Waals surface area (Å²) in [6, 6.07) is 0. The number of aromatic carboxylic acids is 1. The number of hydrogen-bond acceptors (Lipinski definition) is 2. The van der Waals surface area contributed by atoms with Crippen LogP contribution >= 0.6 is 11.6 Å². The minimum absolute atomic E-state index is 0.114. The summed E-state index contributed by atoms with van der Waals surface area (Å²) in [5.41, 5.74) is 2.14. The monoisotopic (exact) mass is 225 g/mol. The van der Waals surface area contributed by atoms with Gasteiger partial charge in [0.2, 0.25) is 0 Å². The van der Waals surface area contributed by atoms with Crippen molar-refractivity contribution in [2.24, 2.45) is 0 Å². The average molecular weight is 226 g/mol. The van der Waals surface area contributed by atoms with E-state index < -0.39 is 5.97 Å². The first-order chi connectivity index (χ1) is 7.20. The number of halogens is 1. The van der Waals surface area contributed by atoms with Crippen LogP contribution in [0, 0.1) is 0 Å². The number of hydrogen-bond donors (Lipinski definition) is 1. The van der Waals surface area contributed by atoms with Crippen LogP contribution in [0.25, 0.3) is 0 Å². The van der Waals surface area contributed by atoms with E-state index in [1.54, 1.807) is 6.20 Å². The number of carboxylic acid groups (broad SMARTS) is 1. The number of aryl methyl sites for hydroxylation is 1. The van der Waals surface area contributed by atoms with Crippen LogP contribution in [0.15, 0.2) is 6.20 Å². The number of rotatable bonds is 1. The largest absolute Gasteiger partial charge is 0.478 e. The molecule has 1 aromatic rings. The number of carbonyl (C=O) groups is 1. The lowest BCUT2D eigenvalue weighted by atomic mass is 10.0. The molecule has 2 rings (SSSR count). The van der Waals surface area contributed by atoms with Crippen LogP contribution in [-0.4, -0.2) is 16.1 Å². The second kappa shape index (κ2) is 4.19. The molecule has 1 heterocycles. The van der Waals surface area contributed by atoms with E-state index in [2.05, 4.69) is 4.98 Å². The predicted octanol–water partition coefficient (Wildman–Crippen LogP) is 2.70. The Morgan fingerprint density at radius 3 is 2.80 bits per heavy atom. The fourth-order valence-electron chi connectivity index (χ4n) is 2.07. The minimum atomic E-state index is -0.966. The van der Waals surface area contributed by atoms with E-state index in [0.29, 0.717) is 0 Å². The van der Waals surface area contributed by atoms with Crippen LogP contribution in [0.1, 0.15) is 40.7 Å². The molecule has 1 aliphatic rings. The van der Waals surface area contributed by atoms with Gasteiger partial charge in [-0.2, -0.15) is 0 Å². The Morgan fingerprint density at radius 1 is 1.33 bits per heavy atom. The van der Waals surface area contributed by atoms with Gasteiger partial charge in [0, 0.05) is 6.20 Å². The first kappa shape index (κ1) is 10.4. The lowest BCUT2D eigenvalue weighted by molar-refractivity contribution is 0.0695. The Hall–Kier alpha value is -1.09. The molecule has 0 atom stereocenters. The number of aromatic nitrogens is 1. The van der Waals surface area contributed by atoms with Gasteiger partial charge in [-0.05, 0) is 36.8 Å². The van der Waals surface area contributed by atoms with E-state index >= 15 is 0 Å². The first-order valence-corrected chi connectivity index (χ1v) is 5.47. The highest BCUT2D eigenvalue weighted by Crippen LogP contribution is 2.27. The van der Waals surface area contributed by atoms with Crippen molar-refractivity contribution in [1.29, 1.82) is 0 Å². The lowest BCUT2D eigenvalue weighted by Gasteiger charge is -2.09.